The van der Waals surface area contributed by atoms with Gasteiger partial charge in [-0.15, -0.1) is 0 Å². The third-order valence-electron chi connectivity index (χ3n) is 4.25. The summed E-state index contributed by atoms with van der Waals surface area (Å²) in [5.74, 6) is 6.93. The highest BCUT2D eigenvalue weighted by Crippen LogP contribution is 2.11. The number of amides is 2. The van der Waals surface area contributed by atoms with Crippen LogP contribution in [0.4, 0.5) is 10.5 Å². The van der Waals surface area contributed by atoms with Gasteiger partial charge in [-0.3, -0.25) is 0 Å². The quantitative estimate of drug-likeness (QED) is 0.515. The Labute approximate surface area is 174 Å². The standard InChI is InChI=1S/C24H19N5O/c30-24(26-18-21-12-14-25-23(17-21)29-15-5-13-27-29)28-22-9-4-8-20(16-22)11-10-19-6-2-1-3-7-19/h1-9,12-17H,18H2,(H2,26,28,30). The number of rotatable bonds is 4. The first-order valence-corrected chi connectivity index (χ1v) is 9.43. The van der Waals surface area contributed by atoms with E-state index in [9.17, 15) is 4.79 Å². The van der Waals surface area contributed by atoms with Crippen LogP contribution < -0.4 is 10.6 Å². The molecule has 0 saturated heterocycles. The summed E-state index contributed by atoms with van der Waals surface area (Å²) in [5, 5.41) is 9.86. The summed E-state index contributed by atoms with van der Waals surface area (Å²) >= 11 is 0. The summed E-state index contributed by atoms with van der Waals surface area (Å²) in [4.78, 5) is 16.6. The zero-order valence-electron chi connectivity index (χ0n) is 16.1. The molecule has 4 rings (SSSR count). The van der Waals surface area contributed by atoms with E-state index in [2.05, 4.69) is 32.6 Å². The van der Waals surface area contributed by atoms with E-state index in [0.29, 0.717) is 18.1 Å². The van der Waals surface area contributed by atoms with Gasteiger partial charge >= 0.3 is 6.03 Å². The van der Waals surface area contributed by atoms with Crippen LogP contribution in [0.3, 0.4) is 0 Å². The largest absolute Gasteiger partial charge is 0.334 e. The smallest absolute Gasteiger partial charge is 0.319 e. The molecule has 2 heterocycles. The van der Waals surface area contributed by atoms with Gasteiger partial charge in [-0.1, -0.05) is 36.1 Å². The van der Waals surface area contributed by atoms with Crippen LogP contribution in [-0.2, 0) is 6.54 Å². The summed E-state index contributed by atoms with van der Waals surface area (Å²) in [6.07, 6.45) is 5.21. The fourth-order valence-electron chi connectivity index (χ4n) is 2.80. The number of hydrogen-bond donors (Lipinski definition) is 2. The highest BCUT2D eigenvalue weighted by Gasteiger charge is 2.04. The van der Waals surface area contributed by atoms with Crippen LogP contribution in [0.1, 0.15) is 16.7 Å². The van der Waals surface area contributed by atoms with Crippen LogP contribution in [0.15, 0.2) is 91.4 Å². The molecule has 6 heteroatoms. The van der Waals surface area contributed by atoms with Gasteiger partial charge in [0.1, 0.15) is 0 Å². The molecule has 2 amide bonds. The first kappa shape index (κ1) is 19.0. The first-order valence-electron chi connectivity index (χ1n) is 9.43. The van der Waals surface area contributed by atoms with Crippen LogP contribution in [-0.4, -0.2) is 20.8 Å². The van der Waals surface area contributed by atoms with Crippen LogP contribution >= 0.6 is 0 Å². The molecule has 4 aromatic rings. The molecule has 0 fully saturated rings. The number of carbonyl (C=O) groups is 1. The number of nitrogens with zero attached hydrogens (tertiary/aromatic N) is 3. The Morgan fingerprint density at radius 2 is 1.73 bits per heavy atom. The molecule has 0 spiro atoms. The molecule has 146 valence electrons. The van der Waals surface area contributed by atoms with Gasteiger partial charge in [0, 0.05) is 41.9 Å². The van der Waals surface area contributed by atoms with Crippen molar-refractivity contribution >= 4 is 11.7 Å². The van der Waals surface area contributed by atoms with Crippen molar-refractivity contribution in [2.75, 3.05) is 5.32 Å². The SMILES string of the molecule is O=C(NCc1ccnc(-n2cccn2)c1)Nc1cccc(C#Cc2ccccc2)c1. The lowest BCUT2D eigenvalue weighted by Gasteiger charge is -2.09. The maximum absolute atomic E-state index is 12.3. The number of anilines is 1. The summed E-state index contributed by atoms with van der Waals surface area (Å²) in [6, 6.07) is 22.5. The topological polar surface area (TPSA) is 71.8 Å². The van der Waals surface area contributed by atoms with Crippen molar-refractivity contribution in [2.45, 2.75) is 6.54 Å². The molecule has 0 unspecified atom stereocenters. The number of carbonyl (C=O) groups excluding carboxylic acids is 1. The molecule has 0 saturated carbocycles. The zero-order valence-corrected chi connectivity index (χ0v) is 16.1. The molecule has 6 nitrogen and oxygen atoms in total. The van der Waals surface area contributed by atoms with Crippen molar-refractivity contribution in [1.29, 1.82) is 0 Å². The molecule has 2 aromatic carbocycles. The van der Waals surface area contributed by atoms with Crippen LogP contribution in [0.5, 0.6) is 0 Å². The van der Waals surface area contributed by atoms with Crippen LogP contribution in [0, 0.1) is 11.8 Å². The Morgan fingerprint density at radius 3 is 2.57 bits per heavy atom. The van der Waals surface area contributed by atoms with E-state index in [-0.39, 0.29) is 6.03 Å². The Morgan fingerprint density at radius 1 is 0.900 bits per heavy atom. The van der Waals surface area contributed by atoms with Crippen LogP contribution in [0.25, 0.3) is 5.82 Å². The minimum Gasteiger partial charge on any atom is -0.334 e. The van der Waals surface area contributed by atoms with Gasteiger partial charge < -0.3 is 10.6 Å². The number of pyridine rings is 1. The Balaban J connectivity index is 1.36. The van der Waals surface area contributed by atoms with Crippen molar-refractivity contribution in [3.05, 3.63) is 108 Å². The minimum atomic E-state index is -0.291. The second kappa shape index (κ2) is 9.22. The van der Waals surface area contributed by atoms with Gasteiger partial charge in [0.15, 0.2) is 5.82 Å². The second-order valence-electron chi connectivity index (χ2n) is 6.48. The summed E-state index contributed by atoms with van der Waals surface area (Å²) in [6.45, 7) is 0.371. The fraction of sp³-hybridized carbons (Fsp3) is 0.0417. The Hall–Kier alpha value is -4.37. The van der Waals surface area contributed by atoms with E-state index in [1.165, 1.54) is 0 Å². The predicted octanol–water partition coefficient (Wildman–Crippen LogP) is 3.99. The lowest BCUT2D eigenvalue weighted by Crippen LogP contribution is -2.28. The van der Waals surface area contributed by atoms with E-state index >= 15 is 0 Å². The maximum Gasteiger partial charge on any atom is 0.319 e. The predicted molar refractivity (Wildman–Crippen MR) is 116 cm³/mol. The molecule has 0 aliphatic rings. The lowest BCUT2D eigenvalue weighted by atomic mass is 10.1. The van der Waals surface area contributed by atoms with E-state index < -0.39 is 0 Å². The Bertz CT molecular complexity index is 1190. The van der Waals surface area contributed by atoms with Gasteiger partial charge in [0.2, 0.25) is 0 Å². The summed E-state index contributed by atoms with van der Waals surface area (Å²) in [7, 11) is 0. The highest BCUT2D eigenvalue weighted by molar-refractivity contribution is 5.89. The average Bonchev–Trinajstić information content (AvgIpc) is 3.33. The molecule has 0 atom stereocenters. The molecule has 0 aliphatic carbocycles. The van der Waals surface area contributed by atoms with Crippen molar-refractivity contribution in [3.63, 3.8) is 0 Å². The van der Waals surface area contributed by atoms with Gasteiger partial charge in [0.25, 0.3) is 0 Å². The van der Waals surface area contributed by atoms with E-state index in [0.717, 1.165) is 16.7 Å². The summed E-state index contributed by atoms with van der Waals surface area (Å²) < 4.78 is 1.67. The monoisotopic (exact) mass is 393 g/mol. The first-order chi connectivity index (χ1) is 14.8. The Kier molecular flexibility index (Phi) is 5.83. The van der Waals surface area contributed by atoms with Crippen LogP contribution in [0.2, 0.25) is 0 Å². The number of benzene rings is 2. The van der Waals surface area contributed by atoms with Gasteiger partial charge in [-0.05, 0) is 54.1 Å². The van der Waals surface area contributed by atoms with E-state index in [1.54, 1.807) is 17.1 Å². The molecule has 0 aliphatic heterocycles. The van der Waals surface area contributed by atoms with Gasteiger partial charge in [-0.25, -0.2) is 14.5 Å². The second-order valence-corrected chi connectivity index (χ2v) is 6.48. The number of aromatic nitrogens is 3. The lowest BCUT2D eigenvalue weighted by molar-refractivity contribution is 0.251. The minimum absolute atomic E-state index is 0.291. The molecule has 2 N–H and O–H groups in total. The van der Waals surface area contributed by atoms with E-state index in [1.807, 2.05) is 79.0 Å². The summed E-state index contributed by atoms with van der Waals surface area (Å²) in [5.41, 5.74) is 3.38. The van der Waals surface area contributed by atoms with Crippen molar-refractivity contribution in [1.82, 2.24) is 20.1 Å². The van der Waals surface area contributed by atoms with Crippen molar-refractivity contribution < 1.29 is 4.79 Å². The molecule has 0 bridgehead atoms. The van der Waals surface area contributed by atoms with Gasteiger partial charge in [-0.2, -0.15) is 5.10 Å². The molecular formula is C24H19N5O. The fourth-order valence-corrected chi connectivity index (χ4v) is 2.80. The van der Waals surface area contributed by atoms with Crippen molar-refractivity contribution in [2.24, 2.45) is 0 Å². The number of hydrogen-bond acceptors (Lipinski definition) is 3. The van der Waals surface area contributed by atoms with Gasteiger partial charge in [0.05, 0.1) is 0 Å². The number of urea groups is 1. The number of nitrogens with one attached hydrogen (secondary N) is 2. The van der Waals surface area contributed by atoms with E-state index in [4.69, 9.17) is 0 Å². The molecular weight excluding hydrogens is 374 g/mol. The zero-order chi connectivity index (χ0) is 20.6. The average molecular weight is 393 g/mol. The maximum atomic E-state index is 12.3. The molecule has 0 radical (unpaired) electrons. The molecule has 30 heavy (non-hydrogen) atoms. The normalized spacial score (nSPS) is 10.0. The third-order valence-corrected chi connectivity index (χ3v) is 4.25. The molecule has 2 aromatic heterocycles. The van der Waals surface area contributed by atoms with Crippen molar-refractivity contribution in [3.8, 4) is 17.7 Å². The highest BCUT2D eigenvalue weighted by atomic mass is 16.2. The third kappa shape index (κ3) is 5.12.